The van der Waals surface area contributed by atoms with Gasteiger partial charge in [0.2, 0.25) is 0 Å². The van der Waals surface area contributed by atoms with E-state index in [1.54, 1.807) is 0 Å². The van der Waals surface area contributed by atoms with E-state index in [2.05, 4.69) is 19.2 Å². The number of nitrogens with zero attached hydrogens (tertiary/aromatic N) is 3. The van der Waals surface area contributed by atoms with Crippen LogP contribution in [0.15, 0.2) is 54.7 Å². The third-order valence-electron chi connectivity index (χ3n) is 5.29. The molecule has 6 heteroatoms. The number of likely N-dealkylation sites (tertiary alicyclic amines) is 1. The van der Waals surface area contributed by atoms with E-state index >= 15 is 0 Å². The number of carbonyl (C=O) groups is 2. The summed E-state index contributed by atoms with van der Waals surface area (Å²) in [6.45, 7) is 5.41. The Hall–Kier alpha value is -3.15. The summed E-state index contributed by atoms with van der Waals surface area (Å²) in [4.78, 5) is 32.5. The van der Waals surface area contributed by atoms with Gasteiger partial charge >= 0.3 is 0 Å². The van der Waals surface area contributed by atoms with Crippen molar-refractivity contribution in [1.82, 2.24) is 19.6 Å². The number of fused-ring (bicyclic) bond motifs is 1. The van der Waals surface area contributed by atoms with Crippen molar-refractivity contribution in [3.63, 3.8) is 0 Å². The number of aromatic nitrogens is 2. The maximum atomic E-state index is 13.1. The average Bonchev–Trinajstić information content (AvgIpc) is 3.37. The summed E-state index contributed by atoms with van der Waals surface area (Å²) in [6.07, 6.45) is 3.67. The molecule has 0 aliphatic carbocycles. The van der Waals surface area contributed by atoms with E-state index in [0.717, 1.165) is 24.2 Å². The Balaban J connectivity index is 1.70. The zero-order valence-electron chi connectivity index (χ0n) is 16.8. The van der Waals surface area contributed by atoms with E-state index in [1.807, 2.05) is 64.0 Å². The Bertz CT molecular complexity index is 1030. The second-order valence-corrected chi connectivity index (χ2v) is 7.90. The van der Waals surface area contributed by atoms with Crippen LogP contribution in [0.4, 0.5) is 0 Å². The van der Waals surface area contributed by atoms with Gasteiger partial charge in [-0.3, -0.25) is 9.59 Å². The number of hydrogen-bond acceptors (Lipinski definition) is 3. The third kappa shape index (κ3) is 3.75. The summed E-state index contributed by atoms with van der Waals surface area (Å²) < 4.78 is 1.95. The standard InChI is InChI=1S/C23H26N4O2/c1-16(2)15-24-22(28)20-18-11-6-7-13-26(18)21(25-20)19-12-8-14-27(19)23(29)17-9-4-3-5-10-17/h3-7,9-11,13,16,19H,8,12,14-15H2,1-2H3,(H,24,28). The fourth-order valence-corrected chi connectivity index (χ4v) is 3.87. The van der Waals surface area contributed by atoms with E-state index in [9.17, 15) is 9.59 Å². The minimum atomic E-state index is -0.174. The highest BCUT2D eigenvalue weighted by atomic mass is 16.2. The third-order valence-corrected chi connectivity index (χ3v) is 5.29. The molecule has 1 fully saturated rings. The molecule has 0 spiro atoms. The van der Waals surface area contributed by atoms with Crippen LogP contribution in [-0.2, 0) is 0 Å². The summed E-state index contributed by atoms with van der Waals surface area (Å²) in [5.41, 5.74) is 1.86. The number of pyridine rings is 1. The summed E-state index contributed by atoms with van der Waals surface area (Å²) in [6, 6.07) is 14.9. The number of rotatable bonds is 5. The van der Waals surface area contributed by atoms with Crippen LogP contribution in [0.25, 0.3) is 5.52 Å². The minimum absolute atomic E-state index is 0.00610. The predicted octanol–water partition coefficient (Wildman–Crippen LogP) is 3.70. The highest BCUT2D eigenvalue weighted by Crippen LogP contribution is 2.33. The zero-order chi connectivity index (χ0) is 20.4. The van der Waals surface area contributed by atoms with E-state index < -0.39 is 0 Å². The summed E-state index contributed by atoms with van der Waals surface area (Å²) in [5, 5.41) is 2.96. The van der Waals surface area contributed by atoms with Crippen LogP contribution < -0.4 is 5.32 Å². The fraction of sp³-hybridized carbons (Fsp3) is 0.348. The first kappa shape index (κ1) is 19.2. The quantitative estimate of drug-likeness (QED) is 0.722. The summed E-state index contributed by atoms with van der Waals surface area (Å²) in [7, 11) is 0. The van der Waals surface area contributed by atoms with Gasteiger partial charge in [-0.25, -0.2) is 4.98 Å². The molecule has 1 aliphatic rings. The Morgan fingerprint density at radius 1 is 1.14 bits per heavy atom. The number of imidazole rings is 1. The first-order valence-electron chi connectivity index (χ1n) is 10.2. The number of hydrogen-bond donors (Lipinski definition) is 1. The fourth-order valence-electron chi connectivity index (χ4n) is 3.87. The maximum absolute atomic E-state index is 13.1. The Morgan fingerprint density at radius 3 is 2.66 bits per heavy atom. The lowest BCUT2D eigenvalue weighted by Gasteiger charge is -2.24. The van der Waals surface area contributed by atoms with Gasteiger partial charge in [0.25, 0.3) is 11.8 Å². The molecule has 3 heterocycles. The first-order valence-corrected chi connectivity index (χ1v) is 10.2. The molecular formula is C23H26N4O2. The van der Waals surface area contributed by atoms with Crippen molar-refractivity contribution in [2.75, 3.05) is 13.1 Å². The van der Waals surface area contributed by atoms with Crippen LogP contribution in [0.5, 0.6) is 0 Å². The Morgan fingerprint density at radius 2 is 1.90 bits per heavy atom. The van der Waals surface area contributed by atoms with E-state index in [0.29, 0.717) is 30.3 Å². The number of carbonyl (C=O) groups excluding carboxylic acids is 2. The van der Waals surface area contributed by atoms with Crippen LogP contribution >= 0.6 is 0 Å². The summed E-state index contributed by atoms with van der Waals surface area (Å²) in [5.74, 6) is 0.942. The van der Waals surface area contributed by atoms with Gasteiger partial charge in [-0.1, -0.05) is 38.1 Å². The van der Waals surface area contributed by atoms with Gasteiger partial charge in [-0.05, 0) is 43.0 Å². The second-order valence-electron chi connectivity index (χ2n) is 7.90. The normalized spacial score (nSPS) is 16.5. The SMILES string of the molecule is CC(C)CNC(=O)c1nc(C2CCCN2C(=O)c2ccccc2)n2ccccc12. The molecule has 1 N–H and O–H groups in total. The average molecular weight is 390 g/mol. The molecule has 2 aromatic heterocycles. The highest BCUT2D eigenvalue weighted by Gasteiger charge is 2.34. The van der Waals surface area contributed by atoms with Crippen molar-refractivity contribution in [2.24, 2.45) is 5.92 Å². The lowest BCUT2D eigenvalue weighted by Crippen LogP contribution is -2.31. The summed E-state index contributed by atoms with van der Waals surface area (Å²) >= 11 is 0. The van der Waals surface area contributed by atoms with Crippen molar-refractivity contribution in [2.45, 2.75) is 32.7 Å². The predicted molar refractivity (Wildman–Crippen MR) is 112 cm³/mol. The van der Waals surface area contributed by atoms with E-state index in [-0.39, 0.29) is 17.9 Å². The molecular weight excluding hydrogens is 364 g/mol. The highest BCUT2D eigenvalue weighted by molar-refractivity contribution is 5.99. The minimum Gasteiger partial charge on any atom is -0.350 e. The van der Waals surface area contributed by atoms with Gasteiger partial charge in [0.1, 0.15) is 5.82 Å². The number of nitrogens with one attached hydrogen (secondary N) is 1. The molecule has 0 saturated carbocycles. The first-order chi connectivity index (χ1) is 14.1. The van der Waals surface area contributed by atoms with Crippen LogP contribution in [0.1, 0.15) is 59.4 Å². The molecule has 6 nitrogen and oxygen atoms in total. The topological polar surface area (TPSA) is 66.7 Å². The lowest BCUT2D eigenvalue weighted by atomic mass is 10.1. The lowest BCUT2D eigenvalue weighted by molar-refractivity contribution is 0.0729. The van der Waals surface area contributed by atoms with Crippen molar-refractivity contribution >= 4 is 17.3 Å². The molecule has 0 bridgehead atoms. The molecule has 1 aromatic carbocycles. The van der Waals surface area contributed by atoms with Crippen LogP contribution in [0, 0.1) is 5.92 Å². The van der Waals surface area contributed by atoms with Crippen LogP contribution in [0.2, 0.25) is 0 Å². The van der Waals surface area contributed by atoms with Gasteiger partial charge in [-0.15, -0.1) is 0 Å². The molecule has 1 atom stereocenters. The van der Waals surface area contributed by atoms with Crippen molar-refractivity contribution in [3.05, 3.63) is 71.8 Å². The van der Waals surface area contributed by atoms with Crippen molar-refractivity contribution in [3.8, 4) is 0 Å². The maximum Gasteiger partial charge on any atom is 0.272 e. The van der Waals surface area contributed by atoms with E-state index in [1.165, 1.54) is 0 Å². The Kier molecular flexibility index (Phi) is 5.34. The molecule has 0 radical (unpaired) electrons. The van der Waals surface area contributed by atoms with Gasteiger partial charge in [0, 0.05) is 24.8 Å². The largest absolute Gasteiger partial charge is 0.350 e. The molecule has 29 heavy (non-hydrogen) atoms. The molecule has 1 unspecified atom stereocenters. The van der Waals surface area contributed by atoms with Crippen molar-refractivity contribution < 1.29 is 9.59 Å². The van der Waals surface area contributed by atoms with Crippen LogP contribution in [-0.4, -0.2) is 39.2 Å². The molecule has 3 aromatic rings. The molecule has 1 aliphatic heterocycles. The zero-order valence-corrected chi connectivity index (χ0v) is 16.8. The molecule has 1 saturated heterocycles. The van der Waals surface area contributed by atoms with Gasteiger partial charge in [0.15, 0.2) is 5.69 Å². The van der Waals surface area contributed by atoms with E-state index in [4.69, 9.17) is 4.98 Å². The monoisotopic (exact) mass is 390 g/mol. The molecule has 2 amide bonds. The number of amides is 2. The van der Waals surface area contributed by atoms with Gasteiger partial charge in [0.05, 0.1) is 11.6 Å². The van der Waals surface area contributed by atoms with Crippen LogP contribution in [0.3, 0.4) is 0 Å². The van der Waals surface area contributed by atoms with Gasteiger partial charge in [-0.2, -0.15) is 0 Å². The smallest absolute Gasteiger partial charge is 0.272 e. The molecule has 4 rings (SSSR count). The second kappa shape index (κ2) is 8.07. The number of benzene rings is 1. The molecule has 150 valence electrons. The van der Waals surface area contributed by atoms with Gasteiger partial charge < -0.3 is 14.6 Å². The Labute approximate surface area is 170 Å². The van der Waals surface area contributed by atoms with Crippen molar-refractivity contribution in [1.29, 1.82) is 0 Å².